The molecule has 13 heavy (non-hydrogen) atoms. The van der Waals surface area contributed by atoms with E-state index in [-0.39, 0.29) is 11.9 Å². The van der Waals surface area contributed by atoms with E-state index in [9.17, 15) is 9.50 Å². The molecule has 1 heterocycles. The second-order valence-corrected chi connectivity index (χ2v) is 3.24. The zero-order valence-electron chi connectivity index (χ0n) is 7.33. The fourth-order valence-electron chi connectivity index (χ4n) is 1.50. The molecule has 0 bridgehead atoms. The van der Waals surface area contributed by atoms with Crippen molar-refractivity contribution in [1.82, 2.24) is 0 Å². The van der Waals surface area contributed by atoms with Crippen LogP contribution in [-0.4, -0.2) is 11.7 Å². The number of aliphatic hydroxyl groups is 1. The van der Waals surface area contributed by atoms with Gasteiger partial charge in [0, 0.05) is 5.56 Å². The van der Waals surface area contributed by atoms with Crippen molar-refractivity contribution in [2.45, 2.75) is 19.1 Å². The Morgan fingerprint density at radius 2 is 2.31 bits per heavy atom. The molecule has 2 nitrogen and oxygen atoms in total. The standard InChI is InChI=1S/C10H11FO2/c1-6(12)10-7(9-5-13-9)3-2-4-8(10)11/h2-4,6,9,12H,5H2,1H3. The Bertz CT molecular complexity index is 319. The second-order valence-electron chi connectivity index (χ2n) is 3.24. The smallest absolute Gasteiger partial charge is 0.129 e. The highest BCUT2D eigenvalue weighted by molar-refractivity contribution is 5.33. The van der Waals surface area contributed by atoms with Crippen molar-refractivity contribution in [3.63, 3.8) is 0 Å². The maximum absolute atomic E-state index is 13.3. The number of hydrogen-bond acceptors (Lipinski definition) is 2. The largest absolute Gasteiger partial charge is 0.389 e. The predicted molar refractivity (Wildman–Crippen MR) is 45.7 cm³/mol. The molecule has 0 amide bonds. The zero-order chi connectivity index (χ0) is 9.42. The maximum Gasteiger partial charge on any atom is 0.129 e. The molecular formula is C10H11FO2. The normalized spacial score (nSPS) is 22.8. The molecule has 2 rings (SSSR count). The summed E-state index contributed by atoms with van der Waals surface area (Å²) in [4.78, 5) is 0. The van der Waals surface area contributed by atoms with E-state index in [1.807, 2.05) is 0 Å². The van der Waals surface area contributed by atoms with E-state index in [1.54, 1.807) is 19.1 Å². The summed E-state index contributed by atoms with van der Waals surface area (Å²) in [6, 6.07) is 4.79. The fraction of sp³-hybridized carbons (Fsp3) is 0.400. The van der Waals surface area contributed by atoms with E-state index in [4.69, 9.17) is 4.74 Å². The highest BCUT2D eigenvalue weighted by Gasteiger charge is 2.29. The van der Waals surface area contributed by atoms with Gasteiger partial charge in [0.15, 0.2) is 0 Å². The second kappa shape index (κ2) is 3.09. The summed E-state index contributed by atoms with van der Waals surface area (Å²) in [5.74, 6) is -0.358. The van der Waals surface area contributed by atoms with Crippen molar-refractivity contribution < 1.29 is 14.2 Å². The Morgan fingerprint density at radius 3 is 2.85 bits per heavy atom. The van der Waals surface area contributed by atoms with Gasteiger partial charge in [0.1, 0.15) is 11.9 Å². The van der Waals surface area contributed by atoms with Gasteiger partial charge >= 0.3 is 0 Å². The molecule has 1 aromatic carbocycles. The first kappa shape index (κ1) is 8.66. The van der Waals surface area contributed by atoms with Crippen molar-refractivity contribution in [2.75, 3.05) is 6.61 Å². The zero-order valence-corrected chi connectivity index (χ0v) is 7.33. The molecule has 1 fully saturated rings. The SMILES string of the molecule is CC(O)c1c(F)cccc1C1CO1. The molecule has 2 unspecified atom stereocenters. The van der Waals surface area contributed by atoms with E-state index in [1.165, 1.54) is 6.07 Å². The molecule has 0 aromatic heterocycles. The van der Waals surface area contributed by atoms with Crippen LogP contribution < -0.4 is 0 Å². The van der Waals surface area contributed by atoms with Crippen LogP contribution in [0.5, 0.6) is 0 Å². The lowest BCUT2D eigenvalue weighted by atomic mass is 10.0. The van der Waals surface area contributed by atoms with Gasteiger partial charge < -0.3 is 9.84 Å². The van der Waals surface area contributed by atoms with Gasteiger partial charge in [-0.3, -0.25) is 0 Å². The molecule has 3 heteroatoms. The van der Waals surface area contributed by atoms with Crippen LogP contribution in [0.25, 0.3) is 0 Å². The third-order valence-electron chi connectivity index (χ3n) is 2.18. The summed E-state index contributed by atoms with van der Waals surface area (Å²) in [5.41, 5.74) is 1.14. The highest BCUT2D eigenvalue weighted by Crippen LogP contribution is 2.35. The average Bonchev–Trinajstić information content (AvgIpc) is 2.85. The molecule has 1 aliphatic heterocycles. The Morgan fingerprint density at radius 1 is 1.62 bits per heavy atom. The summed E-state index contributed by atoms with van der Waals surface area (Å²) in [6.45, 7) is 2.19. The third-order valence-corrected chi connectivity index (χ3v) is 2.18. The first-order chi connectivity index (χ1) is 6.20. The number of benzene rings is 1. The highest BCUT2D eigenvalue weighted by atomic mass is 19.1. The predicted octanol–water partition coefficient (Wildman–Crippen LogP) is 1.95. The lowest BCUT2D eigenvalue weighted by molar-refractivity contribution is 0.192. The Labute approximate surface area is 76.0 Å². The molecule has 2 atom stereocenters. The van der Waals surface area contributed by atoms with E-state index in [0.29, 0.717) is 12.2 Å². The van der Waals surface area contributed by atoms with Crippen LogP contribution in [-0.2, 0) is 4.74 Å². The number of hydrogen-bond donors (Lipinski definition) is 1. The summed E-state index contributed by atoms with van der Waals surface area (Å²) < 4.78 is 18.3. The van der Waals surface area contributed by atoms with Gasteiger partial charge in [-0.1, -0.05) is 12.1 Å². The topological polar surface area (TPSA) is 32.8 Å². The van der Waals surface area contributed by atoms with Crippen LogP contribution in [0.2, 0.25) is 0 Å². The number of rotatable bonds is 2. The summed E-state index contributed by atoms with van der Waals surface area (Å²) in [6.07, 6.45) is -0.791. The number of ether oxygens (including phenoxy) is 1. The van der Waals surface area contributed by atoms with Gasteiger partial charge in [0.2, 0.25) is 0 Å². The molecule has 1 aliphatic rings. The Kier molecular flexibility index (Phi) is 2.06. The van der Waals surface area contributed by atoms with Crippen molar-refractivity contribution >= 4 is 0 Å². The molecule has 1 saturated heterocycles. The minimum atomic E-state index is -0.777. The average molecular weight is 182 g/mol. The van der Waals surface area contributed by atoms with Crippen LogP contribution in [0.3, 0.4) is 0 Å². The van der Waals surface area contributed by atoms with Gasteiger partial charge in [-0.25, -0.2) is 4.39 Å². The molecule has 70 valence electrons. The molecule has 0 radical (unpaired) electrons. The van der Waals surface area contributed by atoms with Gasteiger partial charge in [0.25, 0.3) is 0 Å². The first-order valence-electron chi connectivity index (χ1n) is 4.28. The van der Waals surface area contributed by atoms with Crippen LogP contribution >= 0.6 is 0 Å². The van der Waals surface area contributed by atoms with Crippen molar-refractivity contribution in [1.29, 1.82) is 0 Å². The number of aliphatic hydroxyl groups excluding tert-OH is 1. The maximum atomic E-state index is 13.3. The first-order valence-corrected chi connectivity index (χ1v) is 4.28. The number of epoxide rings is 1. The number of halogens is 1. The summed E-state index contributed by atoms with van der Waals surface area (Å²) >= 11 is 0. The van der Waals surface area contributed by atoms with Crippen LogP contribution in [0.15, 0.2) is 18.2 Å². The molecule has 0 spiro atoms. The van der Waals surface area contributed by atoms with Gasteiger partial charge in [-0.2, -0.15) is 0 Å². The molecule has 1 N–H and O–H groups in total. The lowest BCUT2D eigenvalue weighted by Crippen LogP contribution is -2.01. The Balaban J connectivity index is 2.47. The van der Waals surface area contributed by atoms with Gasteiger partial charge in [-0.15, -0.1) is 0 Å². The minimum Gasteiger partial charge on any atom is -0.389 e. The minimum absolute atomic E-state index is 0.0136. The van der Waals surface area contributed by atoms with E-state index in [0.717, 1.165) is 5.56 Å². The summed E-state index contributed by atoms with van der Waals surface area (Å²) in [5, 5.41) is 9.37. The Hall–Kier alpha value is -0.930. The third kappa shape index (κ3) is 1.57. The van der Waals surface area contributed by atoms with E-state index < -0.39 is 6.10 Å². The molecule has 1 aromatic rings. The molecular weight excluding hydrogens is 171 g/mol. The fourth-order valence-corrected chi connectivity index (χ4v) is 1.50. The van der Waals surface area contributed by atoms with E-state index >= 15 is 0 Å². The summed E-state index contributed by atoms with van der Waals surface area (Å²) in [7, 11) is 0. The van der Waals surface area contributed by atoms with Crippen LogP contribution in [0.1, 0.15) is 30.3 Å². The monoisotopic (exact) mass is 182 g/mol. The van der Waals surface area contributed by atoms with Crippen LogP contribution in [0, 0.1) is 5.82 Å². The van der Waals surface area contributed by atoms with Crippen molar-refractivity contribution in [3.8, 4) is 0 Å². The lowest BCUT2D eigenvalue weighted by Gasteiger charge is -2.10. The molecule has 0 aliphatic carbocycles. The van der Waals surface area contributed by atoms with Crippen molar-refractivity contribution in [3.05, 3.63) is 35.1 Å². The van der Waals surface area contributed by atoms with E-state index in [2.05, 4.69) is 0 Å². The quantitative estimate of drug-likeness (QED) is 0.709. The van der Waals surface area contributed by atoms with Gasteiger partial charge in [-0.05, 0) is 18.6 Å². The van der Waals surface area contributed by atoms with Crippen molar-refractivity contribution in [2.24, 2.45) is 0 Å². The molecule has 0 saturated carbocycles. The van der Waals surface area contributed by atoms with Gasteiger partial charge in [0.05, 0.1) is 12.7 Å². The van der Waals surface area contributed by atoms with Crippen LogP contribution in [0.4, 0.5) is 4.39 Å².